The van der Waals surface area contributed by atoms with E-state index in [1.54, 1.807) is 6.26 Å². The molecule has 1 atom stereocenters. The van der Waals surface area contributed by atoms with Crippen LogP contribution in [0.4, 0.5) is 0 Å². The molecule has 0 bridgehead atoms. The van der Waals surface area contributed by atoms with Crippen LogP contribution in [0.2, 0.25) is 0 Å². The van der Waals surface area contributed by atoms with Crippen LogP contribution in [-0.4, -0.2) is 10.8 Å². The maximum Gasteiger partial charge on any atom is 0.191 e. The first-order valence-electron chi connectivity index (χ1n) is 5.19. The number of ketones is 1. The maximum absolute atomic E-state index is 11.5. The van der Waals surface area contributed by atoms with E-state index in [1.807, 2.05) is 6.92 Å². The molecule has 0 aliphatic heterocycles. The number of carbonyl (C=O) groups is 1. The predicted octanol–water partition coefficient (Wildman–Crippen LogP) is 2.28. The summed E-state index contributed by atoms with van der Waals surface area (Å²) in [7, 11) is 0. The Hall–Kier alpha value is -1.12. The Balaban J connectivity index is 1.99. The van der Waals surface area contributed by atoms with E-state index in [1.165, 1.54) is 6.42 Å². The molecule has 1 aromatic rings. The topological polar surface area (TPSA) is 43.1 Å². The zero-order valence-corrected chi connectivity index (χ0v) is 8.45. The molecule has 1 heterocycles. The van der Waals surface area contributed by atoms with Gasteiger partial charge in [0.1, 0.15) is 12.0 Å². The van der Waals surface area contributed by atoms with Crippen LogP contribution in [0.15, 0.2) is 10.7 Å². The number of oxazole rings is 1. The van der Waals surface area contributed by atoms with Gasteiger partial charge in [0.2, 0.25) is 0 Å². The second-order valence-electron chi connectivity index (χ2n) is 3.97. The molecule has 0 spiro atoms. The van der Waals surface area contributed by atoms with Crippen LogP contribution in [0.25, 0.3) is 0 Å². The highest BCUT2D eigenvalue weighted by molar-refractivity contribution is 5.81. The van der Waals surface area contributed by atoms with Crippen molar-refractivity contribution >= 4 is 5.78 Å². The third kappa shape index (κ3) is 2.03. The molecular formula is C11H15NO2. The molecule has 1 unspecified atom stereocenters. The molecule has 1 aromatic heterocycles. The van der Waals surface area contributed by atoms with E-state index in [2.05, 4.69) is 4.98 Å². The molecule has 1 aliphatic rings. The van der Waals surface area contributed by atoms with Crippen molar-refractivity contribution in [2.45, 2.75) is 39.0 Å². The van der Waals surface area contributed by atoms with Gasteiger partial charge in [-0.05, 0) is 12.8 Å². The lowest BCUT2D eigenvalue weighted by atomic mass is 9.85. The van der Waals surface area contributed by atoms with E-state index in [0.717, 1.165) is 31.4 Å². The molecule has 2 rings (SSSR count). The number of aromatic nitrogens is 1. The first kappa shape index (κ1) is 9.44. The Morgan fingerprint density at radius 3 is 3.07 bits per heavy atom. The Kier molecular flexibility index (Phi) is 2.66. The van der Waals surface area contributed by atoms with E-state index in [4.69, 9.17) is 4.42 Å². The molecule has 0 amide bonds. The Morgan fingerprint density at radius 2 is 2.43 bits per heavy atom. The van der Waals surface area contributed by atoms with Crippen LogP contribution >= 0.6 is 0 Å². The summed E-state index contributed by atoms with van der Waals surface area (Å²) in [4.78, 5) is 15.8. The van der Waals surface area contributed by atoms with Crippen LogP contribution in [0, 0.1) is 12.8 Å². The van der Waals surface area contributed by atoms with Crippen molar-refractivity contribution in [3.8, 4) is 0 Å². The zero-order chi connectivity index (χ0) is 9.97. The van der Waals surface area contributed by atoms with Gasteiger partial charge in [-0.2, -0.15) is 0 Å². The lowest BCUT2D eigenvalue weighted by molar-refractivity contribution is -0.124. The average molecular weight is 193 g/mol. The molecule has 1 aliphatic carbocycles. The molecule has 76 valence electrons. The van der Waals surface area contributed by atoms with E-state index >= 15 is 0 Å². The molecule has 3 nitrogen and oxygen atoms in total. The van der Waals surface area contributed by atoms with Crippen LogP contribution in [0.1, 0.15) is 37.3 Å². The standard InChI is InChI=1S/C11H15NO2/c1-8-12-10(7-14-8)6-9-4-2-3-5-11(9)13/h7,9H,2-6H2,1H3. The van der Waals surface area contributed by atoms with Crippen molar-refractivity contribution in [1.29, 1.82) is 0 Å². The van der Waals surface area contributed by atoms with Crippen LogP contribution in [-0.2, 0) is 11.2 Å². The van der Waals surface area contributed by atoms with Gasteiger partial charge in [0, 0.05) is 25.7 Å². The molecular weight excluding hydrogens is 178 g/mol. The SMILES string of the molecule is Cc1nc(CC2CCCCC2=O)co1. The van der Waals surface area contributed by atoms with E-state index < -0.39 is 0 Å². The second kappa shape index (κ2) is 3.95. The summed E-state index contributed by atoms with van der Waals surface area (Å²) in [6.45, 7) is 1.83. The number of Topliss-reactive ketones (excluding diaryl/α,β-unsaturated/α-hetero) is 1. The quantitative estimate of drug-likeness (QED) is 0.723. The molecule has 0 saturated heterocycles. The number of hydrogen-bond acceptors (Lipinski definition) is 3. The summed E-state index contributed by atoms with van der Waals surface area (Å²) in [5.74, 6) is 1.27. The lowest BCUT2D eigenvalue weighted by Gasteiger charge is -2.18. The van der Waals surface area contributed by atoms with Gasteiger partial charge in [-0.3, -0.25) is 4.79 Å². The van der Waals surface area contributed by atoms with E-state index in [9.17, 15) is 4.79 Å². The van der Waals surface area contributed by atoms with Crippen molar-refractivity contribution in [2.24, 2.45) is 5.92 Å². The van der Waals surface area contributed by atoms with Crippen LogP contribution in [0.3, 0.4) is 0 Å². The first-order chi connectivity index (χ1) is 6.75. The summed E-state index contributed by atoms with van der Waals surface area (Å²) in [6.07, 6.45) is 6.43. The van der Waals surface area contributed by atoms with Gasteiger partial charge < -0.3 is 4.42 Å². The minimum Gasteiger partial charge on any atom is -0.449 e. The van der Waals surface area contributed by atoms with Crippen LogP contribution in [0.5, 0.6) is 0 Å². The fraction of sp³-hybridized carbons (Fsp3) is 0.636. The van der Waals surface area contributed by atoms with Gasteiger partial charge in [0.25, 0.3) is 0 Å². The van der Waals surface area contributed by atoms with E-state index in [0.29, 0.717) is 11.7 Å². The average Bonchev–Trinajstić information content (AvgIpc) is 2.56. The number of rotatable bonds is 2. The first-order valence-corrected chi connectivity index (χ1v) is 5.19. The normalized spacial score (nSPS) is 22.6. The lowest BCUT2D eigenvalue weighted by Crippen LogP contribution is -2.21. The van der Waals surface area contributed by atoms with Crippen molar-refractivity contribution < 1.29 is 9.21 Å². The van der Waals surface area contributed by atoms with Gasteiger partial charge in [0.05, 0.1) is 5.69 Å². The minimum absolute atomic E-state index is 0.188. The molecule has 0 N–H and O–H groups in total. The molecule has 14 heavy (non-hydrogen) atoms. The monoisotopic (exact) mass is 193 g/mol. The van der Waals surface area contributed by atoms with Gasteiger partial charge >= 0.3 is 0 Å². The maximum atomic E-state index is 11.5. The van der Waals surface area contributed by atoms with Gasteiger partial charge in [-0.25, -0.2) is 4.98 Å². The summed E-state index contributed by atoms with van der Waals surface area (Å²) in [5, 5.41) is 0. The second-order valence-corrected chi connectivity index (χ2v) is 3.97. The van der Waals surface area contributed by atoms with E-state index in [-0.39, 0.29) is 5.92 Å². The van der Waals surface area contributed by atoms with Gasteiger partial charge in [0.15, 0.2) is 5.89 Å². The Morgan fingerprint density at radius 1 is 1.57 bits per heavy atom. The smallest absolute Gasteiger partial charge is 0.191 e. The molecule has 0 radical (unpaired) electrons. The summed E-state index contributed by atoms with van der Waals surface area (Å²) < 4.78 is 5.12. The zero-order valence-electron chi connectivity index (χ0n) is 8.45. The summed E-state index contributed by atoms with van der Waals surface area (Å²) in [5.41, 5.74) is 0.919. The van der Waals surface area contributed by atoms with Crippen molar-refractivity contribution in [2.75, 3.05) is 0 Å². The highest BCUT2D eigenvalue weighted by Crippen LogP contribution is 2.23. The van der Waals surface area contributed by atoms with Gasteiger partial charge in [-0.1, -0.05) is 6.42 Å². The van der Waals surface area contributed by atoms with Crippen molar-refractivity contribution in [3.63, 3.8) is 0 Å². The highest BCUT2D eigenvalue weighted by Gasteiger charge is 2.23. The largest absolute Gasteiger partial charge is 0.449 e. The fourth-order valence-corrected chi connectivity index (χ4v) is 2.03. The summed E-state index contributed by atoms with van der Waals surface area (Å²) >= 11 is 0. The van der Waals surface area contributed by atoms with Gasteiger partial charge in [-0.15, -0.1) is 0 Å². The number of hydrogen-bond donors (Lipinski definition) is 0. The Bertz CT molecular complexity index is 330. The predicted molar refractivity (Wildman–Crippen MR) is 51.9 cm³/mol. The van der Waals surface area contributed by atoms with Crippen LogP contribution < -0.4 is 0 Å². The molecule has 3 heteroatoms. The number of carbonyl (C=O) groups excluding carboxylic acids is 1. The molecule has 1 saturated carbocycles. The van der Waals surface area contributed by atoms with Crippen molar-refractivity contribution in [3.05, 3.63) is 17.8 Å². The summed E-state index contributed by atoms with van der Waals surface area (Å²) in [6, 6.07) is 0. The van der Waals surface area contributed by atoms with Crippen molar-refractivity contribution in [1.82, 2.24) is 4.98 Å². The highest BCUT2D eigenvalue weighted by atomic mass is 16.3. The Labute approximate surface area is 83.5 Å². The number of aryl methyl sites for hydroxylation is 1. The third-order valence-electron chi connectivity index (χ3n) is 2.80. The number of nitrogens with zero attached hydrogens (tertiary/aromatic N) is 1. The third-order valence-corrected chi connectivity index (χ3v) is 2.80. The minimum atomic E-state index is 0.188. The molecule has 0 aromatic carbocycles. The molecule has 1 fully saturated rings. The fourth-order valence-electron chi connectivity index (χ4n) is 2.03.